The molecule has 0 unspecified atom stereocenters. The Bertz CT molecular complexity index is 1060. The highest BCUT2D eigenvalue weighted by atomic mass is 32.2. The average Bonchev–Trinajstić information content (AvgIpc) is 2.92. The number of nitrogen functional groups attached to an aromatic ring is 1. The first-order valence-electron chi connectivity index (χ1n) is 7.17. The van der Waals surface area contributed by atoms with Crippen LogP contribution in [0, 0.1) is 11.8 Å². The zero-order valence-electron chi connectivity index (χ0n) is 13.2. The maximum Gasteiger partial charge on any atom is 0.244 e. The third kappa shape index (κ3) is 2.97. The summed E-state index contributed by atoms with van der Waals surface area (Å²) in [4.78, 5) is 7.03. The largest absolute Gasteiger partial charge is 0.369 e. The molecule has 0 aliphatic heterocycles. The monoisotopic (exact) mass is 340 g/mol. The predicted octanol–water partition coefficient (Wildman–Crippen LogP) is 1.80. The van der Waals surface area contributed by atoms with Gasteiger partial charge in [0, 0.05) is 25.2 Å². The van der Waals surface area contributed by atoms with Gasteiger partial charge in [-0.3, -0.25) is 0 Å². The van der Waals surface area contributed by atoms with Crippen molar-refractivity contribution in [1.82, 2.24) is 14.3 Å². The number of fused-ring (bicyclic) bond motifs is 1. The number of H-pyrrole nitrogens is 1. The van der Waals surface area contributed by atoms with Gasteiger partial charge in [0.05, 0.1) is 5.52 Å². The topological polar surface area (TPSA) is 92.1 Å². The molecule has 3 rings (SSSR count). The fourth-order valence-corrected chi connectivity index (χ4v) is 3.31. The average molecular weight is 340 g/mol. The Morgan fingerprint density at radius 2 is 1.75 bits per heavy atom. The van der Waals surface area contributed by atoms with Gasteiger partial charge < -0.3 is 10.7 Å². The summed E-state index contributed by atoms with van der Waals surface area (Å²) >= 11 is 0. The van der Waals surface area contributed by atoms with Crippen molar-refractivity contribution in [1.29, 1.82) is 0 Å². The molecule has 0 fully saturated rings. The first kappa shape index (κ1) is 16.1. The Hall–Kier alpha value is -2.82. The van der Waals surface area contributed by atoms with Gasteiger partial charge in [-0.2, -0.15) is 0 Å². The lowest BCUT2D eigenvalue weighted by molar-refractivity contribution is 0.521. The second-order valence-corrected chi connectivity index (χ2v) is 7.52. The highest BCUT2D eigenvalue weighted by Crippen LogP contribution is 2.25. The Morgan fingerprint density at radius 3 is 2.42 bits per heavy atom. The van der Waals surface area contributed by atoms with Gasteiger partial charge in [-0.1, -0.05) is 30.0 Å². The zero-order chi connectivity index (χ0) is 17.3. The number of rotatable bonds is 2. The molecule has 3 aromatic rings. The fourth-order valence-electron chi connectivity index (χ4n) is 2.24. The molecule has 0 amide bonds. The van der Waals surface area contributed by atoms with E-state index in [0.717, 1.165) is 9.87 Å². The maximum absolute atomic E-state index is 12.6. The maximum atomic E-state index is 12.6. The van der Waals surface area contributed by atoms with Crippen LogP contribution in [0.2, 0.25) is 0 Å². The SMILES string of the molecule is CN(C)S(=O)(=O)c1cc(C#Cc2ccccc2)cc2[nH]c(N)nc12. The van der Waals surface area contributed by atoms with Crippen LogP contribution in [0.4, 0.5) is 5.95 Å². The van der Waals surface area contributed by atoms with Gasteiger partial charge in [-0.25, -0.2) is 17.7 Å². The van der Waals surface area contributed by atoms with E-state index in [9.17, 15) is 8.42 Å². The smallest absolute Gasteiger partial charge is 0.244 e. The number of benzene rings is 2. The van der Waals surface area contributed by atoms with Gasteiger partial charge in [-0.15, -0.1) is 0 Å². The van der Waals surface area contributed by atoms with Crippen LogP contribution in [0.5, 0.6) is 0 Å². The highest BCUT2D eigenvalue weighted by molar-refractivity contribution is 7.89. The Labute approximate surface area is 140 Å². The van der Waals surface area contributed by atoms with E-state index in [-0.39, 0.29) is 10.8 Å². The van der Waals surface area contributed by atoms with E-state index in [2.05, 4.69) is 21.8 Å². The Balaban J connectivity index is 2.20. The minimum atomic E-state index is -3.67. The first-order chi connectivity index (χ1) is 11.4. The molecule has 2 aromatic carbocycles. The number of hydrogen-bond donors (Lipinski definition) is 2. The molecule has 0 radical (unpaired) electrons. The molecule has 6 nitrogen and oxygen atoms in total. The van der Waals surface area contributed by atoms with Gasteiger partial charge >= 0.3 is 0 Å². The van der Waals surface area contributed by atoms with Crippen LogP contribution in [-0.2, 0) is 10.0 Å². The number of hydrogen-bond acceptors (Lipinski definition) is 4. The van der Waals surface area contributed by atoms with Crippen molar-refractivity contribution < 1.29 is 8.42 Å². The summed E-state index contributed by atoms with van der Waals surface area (Å²) in [5.41, 5.74) is 7.94. The van der Waals surface area contributed by atoms with Crippen molar-refractivity contribution in [3.05, 3.63) is 53.6 Å². The first-order valence-corrected chi connectivity index (χ1v) is 8.61. The molecular weight excluding hydrogens is 324 g/mol. The number of aromatic amines is 1. The van der Waals surface area contributed by atoms with Crippen LogP contribution in [0.3, 0.4) is 0 Å². The summed E-state index contributed by atoms with van der Waals surface area (Å²) in [6, 6.07) is 12.7. The molecule has 0 bridgehead atoms. The third-order valence-electron chi connectivity index (χ3n) is 3.45. The molecule has 0 aliphatic carbocycles. The van der Waals surface area contributed by atoms with Gasteiger partial charge in [0.15, 0.2) is 5.95 Å². The summed E-state index contributed by atoms with van der Waals surface area (Å²) in [6.07, 6.45) is 0. The Kier molecular flexibility index (Phi) is 4.01. The normalized spacial score (nSPS) is 11.5. The van der Waals surface area contributed by atoms with Gasteiger partial charge in [0.1, 0.15) is 10.4 Å². The zero-order valence-corrected chi connectivity index (χ0v) is 14.1. The van der Waals surface area contributed by atoms with E-state index in [0.29, 0.717) is 16.6 Å². The quantitative estimate of drug-likeness (QED) is 0.696. The summed E-state index contributed by atoms with van der Waals surface area (Å²) in [6.45, 7) is 0. The minimum absolute atomic E-state index is 0.0790. The van der Waals surface area contributed by atoms with Crippen molar-refractivity contribution in [2.45, 2.75) is 4.90 Å². The second kappa shape index (κ2) is 6.00. The Morgan fingerprint density at radius 1 is 1.08 bits per heavy atom. The molecule has 0 aliphatic rings. The molecule has 0 atom stereocenters. The van der Waals surface area contributed by atoms with E-state index in [1.165, 1.54) is 20.2 Å². The molecule has 0 spiro atoms. The van der Waals surface area contributed by atoms with E-state index in [1.807, 2.05) is 30.3 Å². The number of nitrogens with zero attached hydrogens (tertiary/aromatic N) is 2. The molecule has 24 heavy (non-hydrogen) atoms. The number of anilines is 1. The number of aromatic nitrogens is 2. The van der Waals surface area contributed by atoms with Crippen molar-refractivity contribution >= 4 is 27.0 Å². The lowest BCUT2D eigenvalue weighted by atomic mass is 10.1. The van der Waals surface area contributed by atoms with Crippen molar-refractivity contribution in [3.8, 4) is 11.8 Å². The molecule has 122 valence electrons. The third-order valence-corrected chi connectivity index (χ3v) is 5.28. The van der Waals surface area contributed by atoms with Crippen molar-refractivity contribution in [3.63, 3.8) is 0 Å². The van der Waals surface area contributed by atoms with Crippen LogP contribution in [0.1, 0.15) is 11.1 Å². The van der Waals surface area contributed by atoms with Crippen LogP contribution < -0.4 is 5.73 Å². The van der Waals surface area contributed by atoms with Gasteiger partial charge in [-0.05, 0) is 24.3 Å². The van der Waals surface area contributed by atoms with Gasteiger partial charge in [0.2, 0.25) is 10.0 Å². The summed E-state index contributed by atoms with van der Waals surface area (Å²) in [7, 11) is -0.725. The molecule has 7 heteroatoms. The molecular formula is C17H16N4O2S. The van der Waals surface area contributed by atoms with E-state index in [4.69, 9.17) is 5.73 Å². The van der Waals surface area contributed by atoms with Crippen molar-refractivity contribution in [2.24, 2.45) is 0 Å². The molecule has 0 saturated heterocycles. The number of sulfonamides is 1. The molecule has 0 saturated carbocycles. The van der Waals surface area contributed by atoms with Crippen LogP contribution in [0.15, 0.2) is 47.4 Å². The second-order valence-electron chi connectivity index (χ2n) is 5.40. The van der Waals surface area contributed by atoms with Crippen LogP contribution >= 0.6 is 0 Å². The van der Waals surface area contributed by atoms with Crippen LogP contribution in [0.25, 0.3) is 11.0 Å². The van der Waals surface area contributed by atoms with Crippen LogP contribution in [-0.4, -0.2) is 36.8 Å². The van der Waals surface area contributed by atoms with E-state index >= 15 is 0 Å². The van der Waals surface area contributed by atoms with E-state index < -0.39 is 10.0 Å². The summed E-state index contributed by atoms with van der Waals surface area (Å²) in [5, 5.41) is 0. The lowest BCUT2D eigenvalue weighted by Crippen LogP contribution is -2.22. The van der Waals surface area contributed by atoms with E-state index in [1.54, 1.807) is 6.07 Å². The fraction of sp³-hybridized carbons (Fsp3) is 0.118. The standard InChI is InChI=1S/C17H16N4O2S/c1-21(2)24(22,23)15-11-13(9-8-12-6-4-3-5-7-12)10-14-16(15)20-17(18)19-14/h3-7,10-11H,1-2H3,(H3,18,19,20). The van der Waals surface area contributed by atoms with Crippen molar-refractivity contribution in [2.75, 3.05) is 19.8 Å². The number of nitrogens with two attached hydrogens (primary N) is 1. The minimum Gasteiger partial charge on any atom is -0.369 e. The summed E-state index contributed by atoms with van der Waals surface area (Å²) < 4.78 is 26.3. The molecule has 1 heterocycles. The van der Waals surface area contributed by atoms with Gasteiger partial charge in [0.25, 0.3) is 0 Å². The number of imidazole rings is 1. The highest BCUT2D eigenvalue weighted by Gasteiger charge is 2.23. The summed E-state index contributed by atoms with van der Waals surface area (Å²) in [5.74, 6) is 6.17. The number of nitrogens with one attached hydrogen (secondary N) is 1. The molecule has 3 N–H and O–H groups in total. The predicted molar refractivity (Wildman–Crippen MR) is 93.8 cm³/mol. The lowest BCUT2D eigenvalue weighted by Gasteiger charge is -2.12. The molecule has 1 aromatic heterocycles.